The van der Waals surface area contributed by atoms with Crippen molar-refractivity contribution < 1.29 is 36.8 Å². The number of hydrogen-bond donors (Lipinski definition) is 2. The highest BCUT2D eigenvalue weighted by Gasteiger charge is 2.60. The van der Waals surface area contributed by atoms with Crippen LogP contribution in [0.25, 0.3) is 0 Å². The molecule has 1 aromatic carbocycles. The zero-order valence-electron chi connectivity index (χ0n) is 17.5. The molecule has 1 unspecified atom stereocenters. The maximum absolute atomic E-state index is 11.8. The first kappa shape index (κ1) is 20.9. The summed E-state index contributed by atoms with van der Waals surface area (Å²) in [6, 6.07) is 4.92. The minimum Gasteiger partial charge on any atom is -0.490 e. The van der Waals surface area contributed by atoms with Crippen molar-refractivity contribution in [2.24, 2.45) is 10.1 Å². The highest BCUT2D eigenvalue weighted by molar-refractivity contribution is 7.91. The molecule has 11 nitrogen and oxygen atoms in total. The number of rotatable bonds is 3. The molecule has 0 aromatic heterocycles. The van der Waals surface area contributed by atoms with E-state index >= 15 is 0 Å². The Morgan fingerprint density at radius 3 is 2.52 bits per heavy atom. The van der Waals surface area contributed by atoms with Gasteiger partial charge in [-0.3, -0.25) is 4.72 Å². The average molecular weight is 455 g/mol. The van der Waals surface area contributed by atoms with Gasteiger partial charge in [0.1, 0.15) is 36.8 Å². The lowest BCUT2D eigenvalue weighted by molar-refractivity contribution is -0.238. The Hall–Kier alpha value is -1.96. The van der Waals surface area contributed by atoms with Crippen molar-refractivity contribution in [3.63, 3.8) is 0 Å². The zero-order chi connectivity index (χ0) is 22.2. The number of fused-ring (bicyclic) bond motifs is 4. The predicted octanol–water partition coefficient (Wildman–Crippen LogP) is 0.838. The van der Waals surface area contributed by atoms with E-state index in [1.165, 1.54) is 0 Å². The van der Waals surface area contributed by atoms with Gasteiger partial charge in [-0.1, -0.05) is 6.07 Å². The minimum atomic E-state index is -3.88. The van der Waals surface area contributed by atoms with Crippen LogP contribution in [0.2, 0.25) is 0 Å². The first-order valence-electron chi connectivity index (χ1n) is 9.94. The molecule has 4 aliphatic heterocycles. The Balaban J connectivity index is 1.39. The SMILES string of the molecule is CC1(C)O[C@H]2OC(COc3cccc4c3C(N)=NS(=O)(=O)N4)[C@@H]3OC(C)(C)O[C@@H]3[C@@H]2O1. The number of hydrogen-bond acceptors (Lipinski definition) is 9. The molecule has 0 aliphatic carbocycles. The molecular formula is C19H25N3O8S. The summed E-state index contributed by atoms with van der Waals surface area (Å²) in [5.74, 6) is -1.41. The van der Waals surface area contributed by atoms with Gasteiger partial charge in [0.15, 0.2) is 23.7 Å². The van der Waals surface area contributed by atoms with Gasteiger partial charge in [0.25, 0.3) is 0 Å². The second-order valence-corrected chi connectivity index (χ2v) is 10.1. The van der Waals surface area contributed by atoms with Crippen LogP contribution in [0.5, 0.6) is 5.75 Å². The van der Waals surface area contributed by atoms with Crippen molar-refractivity contribution >= 4 is 21.7 Å². The van der Waals surface area contributed by atoms with E-state index < -0.39 is 52.5 Å². The van der Waals surface area contributed by atoms with Crippen LogP contribution in [0, 0.1) is 0 Å². The number of nitrogens with one attached hydrogen (secondary N) is 1. The van der Waals surface area contributed by atoms with Crippen molar-refractivity contribution in [2.75, 3.05) is 11.3 Å². The number of ether oxygens (including phenoxy) is 6. The molecule has 4 heterocycles. The lowest BCUT2D eigenvalue weighted by Crippen LogP contribution is -2.56. The molecule has 5 atom stereocenters. The molecule has 4 aliphatic rings. The third-order valence-electron chi connectivity index (χ3n) is 5.39. The van der Waals surface area contributed by atoms with Crippen LogP contribution in [0.4, 0.5) is 5.69 Å². The molecule has 12 heteroatoms. The molecule has 170 valence electrons. The summed E-state index contributed by atoms with van der Waals surface area (Å²) in [7, 11) is -3.88. The van der Waals surface area contributed by atoms with Crippen molar-refractivity contribution in [2.45, 2.75) is 70.0 Å². The summed E-state index contributed by atoms with van der Waals surface area (Å²) in [5.41, 5.74) is 6.55. The standard InChI is InChI=1S/C19H25N3O8S/c1-18(2)27-13-11(26-17-15(14(13)28-18)29-19(3,4)30-17)8-25-10-7-5-6-9-12(10)16(20)22-31(23,24)21-9/h5-7,11,13-15,17,21H,8H2,1-4H3,(H2,20,22)/t11?,13-,14-,15-,17+/m0/s1. The lowest BCUT2D eigenvalue weighted by atomic mass is 9.99. The monoisotopic (exact) mass is 455 g/mol. The van der Waals surface area contributed by atoms with Crippen LogP contribution in [-0.4, -0.2) is 63.1 Å². The molecule has 5 rings (SSSR count). The van der Waals surface area contributed by atoms with Gasteiger partial charge in [0, 0.05) is 0 Å². The van der Waals surface area contributed by atoms with Gasteiger partial charge in [-0.25, -0.2) is 0 Å². The first-order valence-corrected chi connectivity index (χ1v) is 11.4. The van der Waals surface area contributed by atoms with Crippen LogP contribution in [0.1, 0.15) is 33.3 Å². The van der Waals surface area contributed by atoms with E-state index in [9.17, 15) is 8.42 Å². The number of anilines is 1. The molecule has 0 radical (unpaired) electrons. The average Bonchev–Trinajstić information content (AvgIpc) is 3.12. The van der Waals surface area contributed by atoms with Gasteiger partial charge < -0.3 is 34.2 Å². The molecule has 0 saturated carbocycles. The molecule has 3 N–H and O–H groups in total. The minimum absolute atomic E-state index is 0.0874. The van der Waals surface area contributed by atoms with E-state index in [2.05, 4.69) is 9.12 Å². The Labute approximate surface area is 180 Å². The van der Waals surface area contributed by atoms with Crippen molar-refractivity contribution in [1.29, 1.82) is 0 Å². The van der Waals surface area contributed by atoms with Gasteiger partial charge in [0.2, 0.25) is 0 Å². The van der Waals surface area contributed by atoms with Crippen LogP contribution >= 0.6 is 0 Å². The van der Waals surface area contributed by atoms with Gasteiger partial charge in [-0.15, -0.1) is 4.40 Å². The van der Waals surface area contributed by atoms with Crippen molar-refractivity contribution in [3.8, 4) is 5.75 Å². The predicted molar refractivity (Wildman–Crippen MR) is 108 cm³/mol. The topological polar surface area (TPSA) is 140 Å². The fourth-order valence-electron chi connectivity index (χ4n) is 4.34. The lowest BCUT2D eigenvalue weighted by Gasteiger charge is -2.37. The molecule has 3 fully saturated rings. The summed E-state index contributed by atoms with van der Waals surface area (Å²) in [4.78, 5) is 0. The highest BCUT2D eigenvalue weighted by atomic mass is 32.2. The van der Waals surface area contributed by atoms with E-state index in [-0.39, 0.29) is 12.4 Å². The number of amidine groups is 1. The van der Waals surface area contributed by atoms with Crippen LogP contribution in [-0.2, 0) is 33.9 Å². The second-order valence-electron chi connectivity index (χ2n) is 8.75. The number of nitrogens with two attached hydrogens (primary N) is 1. The molecule has 0 spiro atoms. The van der Waals surface area contributed by atoms with E-state index in [0.29, 0.717) is 17.0 Å². The van der Waals surface area contributed by atoms with Crippen LogP contribution < -0.4 is 15.2 Å². The summed E-state index contributed by atoms with van der Waals surface area (Å²) in [6.07, 6.45) is -2.44. The maximum atomic E-state index is 11.8. The third kappa shape index (κ3) is 3.77. The molecule has 1 aromatic rings. The molecule has 3 saturated heterocycles. The van der Waals surface area contributed by atoms with E-state index in [1.54, 1.807) is 18.2 Å². The third-order valence-corrected chi connectivity index (χ3v) is 6.31. The summed E-state index contributed by atoms with van der Waals surface area (Å²) < 4.78 is 65.6. The second kappa shape index (κ2) is 6.77. The first-order chi connectivity index (χ1) is 14.4. The summed E-state index contributed by atoms with van der Waals surface area (Å²) in [6.45, 7) is 7.38. The largest absolute Gasteiger partial charge is 0.490 e. The van der Waals surface area contributed by atoms with Gasteiger partial charge in [0.05, 0.1) is 11.3 Å². The Morgan fingerprint density at radius 2 is 1.74 bits per heavy atom. The van der Waals surface area contributed by atoms with Crippen LogP contribution in [0.3, 0.4) is 0 Å². The Bertz CT molecular complexity index is 1040. The number of nitrogens with zero attached hydrogens (tertiary/aromatic N) is 1. The fourth-order valence-corrected chi connectivity index (χ4v) is 5.18. The highest BCUT2D eigenvalue weighted by Crippen LogP contribution is 2.44. The molecular weight excluding hydrogens is 430 g/mol. The van der Waals surface area contributed by atoms with E-state index in [4.69, 9.17) is 34.2 Å². The van der Waals surface area contributed by atoms with E-state index in [0.717, 1.165) is 0 Å². The maximum Gasteiger partial charge on any atom is 0.344 e. The van der Waals surface area contributed by atoms with Crippen molar-refractivity contribution in [3.05, 3.63) is 23.8 Å². The van der Waals surface area contributed by atoms with E-state index in [1.807, 2.05) is 27.7 Å². The number of benzene rings is 1. The molecule has 0 bridgehead atoms. The normalized spacial score (nSPS) is 36.5. The van der Waals surface area contributed by atoms with Gasteiger partial charge >= 0.3 is 10.2 Å². The molecule has 31 heavy (non-hydrogen) atoms. The zero-order valence-corrected chi connectivity index (χ0v) is 18.3. The quantitative estimate of drug-likeness (QED) is 0.678. The Morgan fingerprint density at radius 1 is 1.06 bits per heavy atom. The molecule has 0 amide bonds. The summed E-state index contributed by atoms with van der Waals surface area (Å²) >= 11 is 0. The smallest absolute Gasteiger partial charge is 0.344 e. The van der Waals surface area contributed by atoms with Crippen molar-refractivity contribution in [1.82, 2.24) is 0 Å². The van der Waals surface area contributed by atoms with Crippen LogP contribution in [0.15, 0.2) is 22.6 Å². The Kier molecular flexibility index (Phi) is 4.57. The summed E-state index contributed by atoms with van der Waals surface area (Å²) in [5, 5.41) is 0. The van der Waals surface area contributed by atoms with Gasteiger partial charge in [-0.05, 0) is 39.8 Å². The van der Waals surface area contributed by atoms with Gasteiger partial charge in [-0.2, -0.15) is 8.42 Å². The fraction of sp³-hybridized carbons (Fsp3) is 0.632.